The van der Waals surface area contributed by atoms with Gasteiger partial charge in [-0.25, -0.2) is 4.79 Å². The van der Waals surface area contributed by atoms with Crippen molar-refractivity contribution < 1.29 is 14.3 Å². The fraction of sp³-hybridized carbons (Fsp3) is 0.263. The summed E-state index contributed by atoms with van der Waals surface area (Å²) in [6, 6.07) is 13.0. The number of aryl methyl sites for hydroxylation is 2. The molecule has 0 radical (unpaired) electrons. The van der Waals surface area contributed by atoms with E-state index in [0.29, 0.717) is 5.56 Å². The second kappa shape index (κ2) is 8.15. The summed E-state index contributed by atoms with van der Waals surface area (Å²) >= 11 is 0. The van der Waals surface area contributed by atoms with Crippen LogP contribution in [-0.4, -0.2) is 25.5 Å². The molecule has 126 valence electrons. The van der Waals surface area contributed by atoms with Gasteiger partial charge in [0.2, 0.25) is 5.91 Å². The molecule has 1 amide bonds. The summed E-state index contributed by atoms with van der Waals surface area (Å²) in [5, 5.41) is 5.89. The van der Waals surface area contributed by atoms with Crippen LogP contribution in [0, 0.1) is 6.92 Å². The zero-order valence-corrected chi connectivity index (χ0v) is 14.2. The van der Waals surface area contributed by atoms with Crippen LogP contribution in [0.25, 0.3) is 0 Å². The molecule has 2 N–H and O–H groups in total. The minimum absolute atomic E-state index is 0.112. The molecule has 0 aliphatic carbocycles. The topological polar surface area (TPSA) is 67.4 Å². The molecule has 0 fully saturated rings. The van der Waals surface area contributed by atoms with E-state index >= 15 is 0 Å². The van der Waals surface area contributed by atoms with Crippen LogP contribution in [0.3, 0.4) is 0 Å². The maximum Gasteiger partial charge on any atom is 0.337 e. The van der Waals surface area contributed by atoms with E-state index in [1.807, 2.05) is 37.3 Å². The summed E-state index contributed by atoms with van der Waals surface area (Å²) in [4.78, 5) is 23.6. The summed E-state index contributed by atoms with van der Waals surface area (Å²) in [5.41, 5.74) is 4.11. The standard InChI is InChI=1S/C19H22N2O3/c1-4-14-6-9-16(10-7-14)21-18(22)12-20-17-11-15(19(23)24-3)8-5-13(17)2/h5-11,20H,4,12H2,1-3H3,(H,21,22). The minimum atomic E-state index is -0.404. The van der Waals surface area contributed by atoms with Crippen LogP contribution in [0.2, 0.25) is 0 Å². The van der Waals surface area contributed by atoms with Crippen molar-refractivity contribution >= 4 is 23.3 Å². The molecule has 0 spiro atoms. The van der Waals surface area contributed by atoms with Crippen molar-refractivity contribution in [2.24, 2.45) is 0 Å². The zero-order valence-electron chi connectivity index (χ0n) is 14.2. The molecule has 0 aliphatic rings. The Morgan fingerprint density at radius 3 is 2.42 bits per heavy atom. The molecular formula is C19H22N2O3. The van der Waals surface area contributed by atoms with E-state index < -0.39 is 5.97 Å². The molecule has 0 aromatic heterocycles. The van der Waals surface area contributed by atoms with E-state index in [9.17, 15) is 9.59 Å². The van der Waals surface area contributed by atoms with Crippen molar-refractivity contribution in [2.45, 2.75) is 20.3 Å². The van der Waals surface area contributed by atoms with E-state index in [2.05, 4.69) is 17.6 Å². The van der Waals surface area contributed by atoms with Gasteiger partial charge >= 0.3 is 5.97 Å². The molecule has 0 bridgehead atoms. The highest BCUT2D eigenvalue weighted by molar-refractivity contribution is 5.94. The monoisotopic (exact) mass is 326 g/mol. The molecule has 0 aliphatic heterocycles. The van der Waals surface area contributed by atoms with Gasteiger partial charge in [-0.2, -0.15) is 0 Å². The van der Waals surface area contributed by atoms with E-state index in [4.69, 9.17) is 4.74 Å². The van der Waals surface area contributed by atoms with Crippen LogP contribution in [0.1, 0.15) is 28.4 Å². The third-order valence-electron chi connectivity index (χ3n) is 3.74. The Labute approximate surface area is 142 Å². The van der Waals surface area contributed by atoms with Gasteiger partial charge in [0.25, 0.3) is 0 Å². The Morgan fingerprint density at radius 2 is 1.79 bits per heavy atom. The lowest BCUT2D eigenvalue weighted by molar-refractivity contribution is -0.114. The number of ether oxygens (including phenoxy) is 1. The van der Waals surface area contributed by atoms with E-state index in [1.165, 1.54) is 12.7 Å². The molecule has 5 nitrogen and oxygen atoms in total. The number of hydrogen-bond acceptors (Lipinski definition) is 4. The summed E-state index contributed by atoms with van der Waals surface area (Å²) in [6.07, 6.45) is 0.964. The quantitative estimate of drug-likeness (QED) is 0.799. The average Bonchev–Trinajstić information content (AvgIpc) is 2.61. The van der Waals surface area contributed by atoms with Crippen LogP contribution in [0.5, 0.6) is 0 Å². The maximum absolute atomic E-state index is 12.1. The molecule has 0 heterocycles. The Balaban J connectivity index is 1.96. The highest BCUT2D eigenvalue weighted by atomic mass is 16.5. The van der Waals surface area contributed by atoms with Crippen LogP contribution in [0.4, 0.5) is 11.4 Å². The van der Waals surface area contributed by atoms with Gasteiger partial charge in [0, 0.05) is 11.4 Å². The predicted molar refractivity (Wildman–Crippen MR) is 95.5 cm³/mol. The maximum atomic E-state index is 12.1. The Kier molecular flexibility index (Phi) is 5.95. The smallest absolute Gasteiger partial charge is 0.337 e. The SMILES string of the molecule is CCc1ccc(NC(=O)CNc2cc(C(=O)OC)ccc2C)cc1. The van der Waals surface area contributed by atoms with Gasteiger partial charge in [-0.1, -0.05) is 25.1 Å². The number of benzene rings is 2. The molecule has 0 unspecified atom stereocenters. The van der Waals surface area contributed by atoms with E-state index in [0.717, 1.165) is 23.4 Å². The van der Waals surface area contributed by atoms with Gasteiger partial charge in [0.1, 0.15) is 0 Å². The fourth-order valence-electron chi connectivity index (χ4n) is 2.26. The first-order valence-corrected chi connectivity index (χ1v) is 7.85. The summed E-state index contributed by atoms with van der Waals surface area (Å²) in [6.45, 7) is 4.11. The zero-order chi connectivity index (χ0) is 17.5. The van der Waals surface area contributed by atoms with Crippen LogP contribution in [0.15, 0.2) is 42.5 Å². The van der Waals surface area contributed by atoms with Crippen molar-refractivity contribution in [1.82, 2.24) is 0 Å². The Bertz CT molecular complexity index is 724. The lowest BCUT2D eigenvalue weighted by Gasteiger charge is -2.11. The van der Waals surface area contributed by atoms with Crippen molar-refractivity contribution in [2.75, 3.05) is 24.3 Å². The highest BCUT2D eigenvalue weighted by Gasteiger charge is 2.09. The summed E-state index contributed by atoms with van der Waals surface area (Å²) in [7, 11) is 1.34. The number of carbonyl (C=O) groups excluding carboxylic acids is 2. The molecule has 24 heavy (non-hydrogen) atoms. The second-order valence-electron chi connectivity index (χ2n) is 5.47. The lowest BCUT2D eigenvalue weighted by atomic mass is 10.1. The van der Waals surface area contributed by atoms with Gasteiger partial charge in [-0.3, -0.25) is 4.79 Å². The van der Waals surface area contributed by atoms with Crippen LogP contribution < -0.4 is 10.6 Å². The molecule has 0 saturated heterocycles. The van der Waals surface area contributed by atoms with Gasteiger partial charge < -0.3 is 15.4 Å². The van der Waals surface area contributed by atoms with E-state index in [-0.39, 0.29) is 12.5 Å². The Hall–Kier alpha value is -2.82. The number of hydrogen-bond donors (Lipinski definition) is 2. The van der Waals surface area contributed by atoms with Crippen molar-refractivity contribution in [3.05, 3.63) is 59.2 Å². The number of esters is 1. The molecule has 2 aromatic carbocycles. The fourth-order valence-corrected chi connectivity index (χ4v) is 2.26. The molecule has 2 aromatic rings. The van der Waals surface area contributed by atoms with Crippen molar-refractivity contribution in [3.63, 3.8) is 0 Å². The molecule has 5 heteroatoms. The summed E-state index contributed by atoms with van der Waals surface area (Å²) < 4.78 is 4.71. The third kappa shape index (κ3) is 4.59. The van der Waals surface area contributed by atoms with Gasteiger partial charge in [-0.05, 0) is 48.7 Å². The van der Waals surface area contributed by atoms with Crippen molar-refractivity contribution in [1.29, 1.82) is 0 Å². The average molecular weight is 326 g/mol. The highest BCUT2D eigenvalue weighted by Crippen LogP contribution is 2.17. The molecule has 2 rings (SSSR count). The predicted octanol–water partition coefficient (Wildman–Crippen LogP) is 3.39. The second-order valence-corrected chi connectivity index (χ2v) is 5.47. The number of amides is 1. The lowest BCUT2D eigenvalue weighted by Crippen LogP contribution is -2.22. The first kappa shape index (κ1) is 17.5. The van der Waals surface area contributed by atoms with Gasteiger partial charge in [-0.15, -0.1) is 0 Å². The summed E-state index contributed by atoms with van der Waals surface area (Å²) in [5.74, 6) is -0.555. The molecule has 0 saturated carbocycles. The molecular weight excluding hydrogens is 304 g/mol. The molecule has 0 atom stereocenters. The third-order valence-corrected chi connectivity index (χ3v) is 3.74. The number of anilines is 2. The van der Waals surface area contributed by atoms with Crippen LogP contribution >= 0.6 is 0 Å². The largest absolute Gasteiger partial charge is 0.465 e. The number of methoxy groups -OCH3 is 1. The first-order chi connectivity index (χ1) is 11.5. The van der Waals surface area contributed by atoms with E-state index in [1.54, 1.807) is 12.1 Å². The number of nitrogens with one attached hydrogen (secondary N) is 2. The van der Waals surface area contributed by atoms with Crippen LogP contribution in [-0.2, 0) is 16.0 Å². The minimum Gasteiger partial charge on any atom is -0.465 e. The van der Waals surface area contributed by atoms with Crippen molar-refractivity contribution in [3.8, 4) is 0 Å². The first-order valence-electron chi connectivity index (χ1n) is 7.85. The normalized spacial score (nSPS) is 10.1. The Morgan fingerprint density at radius 1 is 1.08 bits per heavy atom. The van der Waals surface area contributed by atoms with Gasteiger partial charge in [0.15, 0.2) is 0 Å². The number of carbonyl (C=O) groups is 2. The number of rotatable bonds is 6. The van der Waals surface area contributed by atoms with Gasteiger partial charge in [0.05, 0.1) is 19.2 Å².